The molecule has 0 aromatic carbocycles. The quantitative estimate of drug-likeness (QED) is 0.761. The Labute approximate surface area is 100.0 Å². The summed E-state index contributed by atoms with van der Waals surface area (Å²) < 4.78 is 36.5. The van der Waals surface area contributed by atoms with Gasteiger partial charge in [-0.2, -0.15) is 13.2 Å². The number of rotatable bonds is 1. The van der Waals surface area contributed by atoms with Crippen LogP contribution in [0.2, 0.25) is 0 Å². The van der Waals surface area contributed by atoms with Gasteiger partial charge in [-0.3, -0.25) is 4.79 Å². The summed E-state index contributed by atoms with van der Waals surface area (Å²) in [5.41, 5.74) is -0.0728. The zero-order valence-corrected chi connectivity index (χ0v) is 10.7. The summed E-state index contributed by atoms with van der Waals surface area (Å²) in [6, 6.07) is -0.386. The molecule has 0 heterocycles. The standard InChI is InChI=1S/C12H20F3NO/c1-10(2)5-8(6-11(3,4)7-10)16-9(17)12(13,14)15/h8H,5-7H2,1-4H3,(H,16,17). The minimum absolute atomic E-state index is 0.0364. The van der Waals surface area contributed by atoms with Crippen molar-refractivity contribution in [3.63, 3.8) is 0 Å². The Morgan fingerprint density at radius 1 is 1.12 bits per heavy atom. The molecule has 0 aliphatic heterocycles. The topological polar surface area (TPSA) is 29.1 Å². The third-order valence-electron chi connectivity index (χ3n) is 3.15. The van der Waals surface area contributed by atoms with Crippen molar-refractivity contribution in [3.05, 3.63) is 0 Å². The van der Waals surface area contributed by atoms with Gasteiger partial charge in [0, 0.05) is 6.04 Å². The van der Waals surface area contributed by atoms with E-state index in [0.29, 0.717) is 12.8 Å². The van der Waals surface area contributed by atoms with Crippen molar-refractivity contribution in [2.45, 2.75) is 59.2 Å². The molecule has 0 saturated heterocycles. The Bertz CT molecular complexity index is 291. The van der Waals surface area contributed by atoms with Gasteiger partial charge < -0.3 is 5.32 Å². The second kappa shape index (κ2) is 4.18. The first-order valence-corrected chi connectivity index (χ1v) is 5.79. The lowest BCUT2D eigenvalue weighted by molar-refractivity contribution is -0.175. The Kier molecular flexibility index (Phi) is 3.52. The van der Waals surface area contributed by atoms with E-state index in [1.807, 2.05) is 27.7 Å². The molecular weight excluding hydrogens is 231 g/mol. The maximum Gasteiger partial charge on any atom is 0.471 e. The number of nitrogens with one attached hydrogen (secondary N) is 1. The molecule has 1 aliphatic rings. The van der Waals surface area contributed by atoms with Crippen LogP contribution < -0.4 is 5.32 Å². The van der Waals surface area contributed by atoms with Crippen molar-refractivity contribution >= 4 is 5.91 Å². The maximum atomic E-state index is 12.2. The van der Waals surface area contributed by atoms with Crippen molar-refractivity contribution in [3.8, 4) is 0 Å². The molecule has 17 heavy (non-hydrogen) atoms. The van der Waals surface area contributed by atoms with Gasteiger partial charge in [-0.05, 0) is 30.1 Å². The lowest BCUT2D eigenvalue weighted by Gasteiger charge is -2.45. The van der Waals surface area contributed by atoms with Crippen LogP contribution >= 0.6 is 0 Å². The van der Waals surface area contributed by atoms with Crippen molar-refractivity contribution in [2.24, 2.45) is 10.8 Å². The summed E-state index contributed by atoms with van der Waals surface area (Å²) in [7, 11) is 0. The number of alkyl halides is 3. The van der Waals surface area contributed by atoms with Crippen LogP contribution in [-0.2, 0) is 4.79 Å². The normalized spacial score (nSPS) is 24.4. The average Bonchev–Trinajstić information content (AvgIpc) is 1.94. The minimum atomic E-state index is -4.79. The summed E-state index contributed by atoms with van der Waals surface area (Å²) >= 11 is 0. The van der Waals surface area contributed by atoms with Gasteiger partial charge in [0.05, 0.1) is 0 Å². The number of carbonyl (C=O) groups is 1. The van der Waals surface area contributed by atoms with Crippen LogP contribution in [0, 0.1) is 10.8 Å². The first kappa shape index (κ1) is 14.3. The molecule has 0 spiro atoms. The molecule has 1 saturated carbocycles. The first-order chi connectivity index (χ1) is 7.41. The van der Waals surface area contributed by atoms with E-state index in [2.05, 4.69) is 5.32 Å². The molecule has 0 atom stereocenters. The molecule has 1 N–H and O–H groups in total. The fraction of sp³-hybridized carbons (Fsp3) is 0.917. The number of carbonyl (C=O) groups excluding carboxylic acids is 1. The molecule has 0 aromatic heterocycles. The molecule has 1 fully saturated rings. The van der Waals surface area contributed by atoms with Crippen molar-refractivity contribution in [1.29, 1.82) is 0 Å². The molecule has 1 aliphatic carbocycles. The highest BCUT2D eigenvalue weighted by atomic mass is 19.4. The summed E-state index contributed by atoms with van der Waals surface area (Å²) in [6.07, 6.45) is -2.64. The van der Waals surface area contributed by atoms with E-state index in [0.717, 1.165) is 6.42 Å². The largest absolute Gasteiger partial charge is 0.471 e. The first-order valence-electron chi connectivity index (χ1n) is 5.79. The van der Waals surface area contributed by atoms with Crippen LogP contribution in [0.1, 0.15) is 47.0 Å². The molecule has 1 amide bonds. The highest BCUT2D eigenvalue weighted by Crippen LogP contribution is 2.45. The van der Waals surface area contributed by atoms with Gasteiger partial charge in [-0.15, -0.1) is 0 Å². The van der Waals surface area contributed by atoms with Crippen LogP contribution in [0.25, 0.3) is 0 Å². The molecule has 0 radical (unpaired) electrons. The Balaban J connectivity index is 2.70. The summed E-state index contributed by atoms with van der Waals surface area (Å²) in [5, 5.41) is 2.11. The maximum absolute atomic E-state index is 12.2. The second-order valence-electron chi connectivity index (χ2n) is 6.58. The van der Waals surface area contributed by atoms with Crippen LogP contribution in [-0.4, -0.2) is 18.1 Å². The van der Waals surface area contributed by atoms with Crippen LogP contribution in [0.4, 0.5) is 13.2 Å². The summed E-state index contributed by atoms with van der Waals surface area (Å²) in [6.45, 7) is 8.11. The average molecular weight is 251 g/mol. The smallest absolute Gasteiger partial charge is 0.346 e. The van der Waals surface area contributed by atoms with Gasteiger partial charge in [0.25, 0.3) is 0 Å². The molecule has 0 aromatic rings. The van der Waals surface area contributed by atoms with E-state index in [-0.39, 0.29) is 16.9 Å². The second-order valence-corrected chi connectivity index (χ2v) is 6.58. The van der Waals surface area contributed by atoms with E-state index in [1.165, 1.54) is 0 Å². The number of amides is 1. The van der Waals surface area contributed by atoms with Gasteiger partial charge in [0.1, 0.15) is 0 Å². The predicted octanol–water partition coefficient (Wildman–Crippen LogP) is 3.27. The van der Waals surface area contributed by atoms with Crippen LogP contribution in [0.3, 0.4) is 0 Å². The van der Waals surface area contributed by atoms with E-state index in [9.17, 15) is 18.0 Å². The van der Waals surface area contributed by atoms with E-state index in [4.69, 9.17) is 0 Å². The zero-order chi connectivity index (χ0) is 13.5. The highest BCUT2D eigenvalue weighted by Gasteiger charge is 2.43. The zero-order valence-electron chi connectivity index (χ0n) is 10.7. The Morgan fingerprint density at radius 2 is 1.53 bits per heavy atom. The van der Waals surface area contributed by atoms with Gasteiger partial charge in [0.2, 0.25) is 0 Å². The van der Waals surface area contributed by atoms with Crippen molar-refractivity contribution in [1.82, 2.24) is 5.32 Å². The van der Waals surface area contributed by atoms with E-state index >= 15 is 0 Å². The minimum Gasteiger partial charge on any atom is -0.346 e. The SMILES string of the molecule is CC1(C)CC(NC(=O)C(F)(F)F)CC(C)(C)C1. The Hall–Kier alpha value is -0.740. The molecule has 100 valence electrons. The third-order valence-corrected chi connectivity index (χ3v) is 3.15. The molecule has 2 nitrogen and oxygen atoms in total. The molecule has 1 rings (SSSR count). The molecular formula is C12H20F3NO. The number of halogens is 3. The van der Waals surface area contributed by atoms with Gasteiger partial charge >= 0.3 is 12.1 Å². The van der Waals surface area contributed by atoms with Gasteiger partial charge in [-0.25, -0.2) is 0 Å². The molecule has 0 bridgehead atoms. The number of hydrogen-bond donors (Lipinski definition) is 1. The lowest BCUT2D eigenvalue weighted by Crippen LogP contribution is -2.49. The van der Waals surface area contributed by atoms with E-state index in [1.54, 1.807) is 0 Å². The van der Waals surface area contributed by atoms with Crippen molar-refractivity contribution in [2.75, 3.05) is 0 Å². The molecule has 5 heteroatoms. The fourth-order valence-corrected chi connectivity index (χ4v) is 3.22. The third kappa shape index (κ3) is 4.21. The van der Waals surface area contributed by atoms with Crippen molar-refractivity contribution < 1.29 is 18.0 Å². The monoisotopic (exact) mass is 251 g/mol. The Morgan fingerprint density at radius 3 is 1.88 bits per heavy atom. The van der Waals surface area contributed by atoms with Crippen LogP contribution in [0.5, 0.6) is 0 Å². The predicted molar refractivity (Wildman–Crippen MR) is 59.4 cm³/mol. The number of hydrogen-bond acceptors (Lipinski definition) is 1. The fourth-order valence-electron chi connectivity index (χ4n) is 3.22. The highest BCUT2D eigenvalue weighted by molar-refractivity contribution is 5.81. The van der Waals surface area contributed by atoms with Gasteiger partial charge in [0.15, 0.2) is 0 Å². The summed E-state index contributed by atoms with van der Waals surface area (Å²) in [5.74, 6) is -1.82. The molecule has 0 unspecified atom stereocenters. The lowest BCUT2D eigenvalue weighted by atomic mass is 9.63. The van der Waals surface area contributed by atoms with Gasteiger partial charge in [-0.1, -0.05) is 27.7 Å². The summed E-state index contributed by atoms with van der Waals surface area (Å²) in [4.78, 5) is 10.9. The van der Waals surface area contributed by atoms with E-state index < -0.39 is 12.1 Å². The van der Waals surface area contributed by atoms with Crippen LogP contribution in [0.15, 0.2) is 0 Å².